The van der Waals surface area contributed by atoms with Gasteiger partial charge in [-0.15, -0.1) is 0 Å². The molecule has 1 amide bonds. The normalized spacial score (nSPS) is 20.6. The highest BCUT2D eigenvalue weighted by molar-refractivity contribution is 7.05. The molecule has 0 aliphatic carbocycles. The minimum Gasteiger partial charge on any atom is -0.493 e. The first-order valence-electron chi connectivity index (χ1n) is 9.40. The van der Waals surface area contributed by atoms with Crippen LogP contribution in [-0.4, -0.2) is 44.5 Å². The summed E-state index contributed by atoms with van der Waals surface area (Å²) in [5.74, 6) is 1.40. The largest absolute Gasteiger partial charge is 0.493 e. The molecule has 0 radical (unpaired) electrons. The van der Waals surface area contributed by atoms with Gasteiger partial charge in [-0.2, -0.15) is 4.37 Å². The lowest BCUT2D eigenvalue weighted by Crippen LogP contribution is -2.45. The minimum absolute atomic E-state index is 0.0193. The van der Waals surface area contributed by atoms with Crippen LogP contribution >= 0.6 is 11.5 Å². The van der Waals surface area contributed by atoms with Crippen LogP contribution in [0.3, 0.4) is 0 Å². The van der Waals surface area contributed by atoms with E-state index in [4.69, 9.17) is 4.74 Å². The Bertz CT molecular complexity index is 800. The van der Waals surface area contributed by atoms with E-state index in [0.717, 1.165) is 18.7 Å². The number of piperidine rings is 1. The zero-order valence-corrected chi connectivity index (χ0v) is 17.1. The van der Waals surface area contributed by atoms with Crippen LogP contribution in [0.1, 0.15) is 67.6 Å². The van der Waals surface area contributed by atoms with Crippen LogP contribution in [-0.2, 0) is 5.60 Å². The fourth-order valence-corrected chi connectivity index (χ4v) is 4.06. The molecule has 27 heavy (non-hydrogen) atoms. The molecule has 2 aromatic rings. The van der Waals surface area contributed by atoms with Crippen LogP contribution in [0.15, 0.2) is 24.3 Å². The number of rotatable bonds is 5. The average molecular weight is 390 g/mol. The summed E-state index contributed by atoms with van der Waals surface area (Å²) < 4.78 is 10.1. The van der Waals surface area contributed by atoms with E-state index in [1.54, 1.807) is 13.8 Å². The molecular weight excluding hydrogens is 362 g/mol. The smallest absolute Gasteiger partial charge is 0.257 e. The van der Waals surface area contributed by atoms with Crippen LogP contribution < -0.4 is 4.74 Å². The van der Waals surface area contributed by atoms with E-state index in [1.807, 2.05) is 36.1 Å². The molecule has 6 nitrogen and oxygen atoms in total. The summed E-state index contributed by atoms with van der Waals surface area (Å²) in [6, 6.07) is 7.54. The molecular formula is C20H27N3O3S. The number of hydrogen-bond acceptors (Lipinski definition) is 6. The maximum absolute atomic E-state index is 13.2. The molecule has 0 bridgehead atoms. The second-order valence-corrected chi connectivity index (χ2v) is 8.28. The monoisotopic (exact) mass is 389 g/mol. The van der Waals surface area contributed by atoms with Gasteiger partial charge in [-0.25, -0.2) is 4.98 Å². The predicted octanol–water partition coefficient (Wildman–Crippen LogP) is 3.57. The van der Waals surface area contributed by atoms with Gasteiger partial charge in [-0.3, -0.25) is 4.79 Å². The van der Waals surface area contributed by atoms with E-state index in [2.05, 4.69) is 16.3 Å². The molecule has 7 heteroatoms. The van der Waals surface area contributed by atoms with Crippen molar-refractivity contribution in [1.29, 1.82) is 0 Å². The lowest BCUT2D eigenvalue weighted by atomic mass is 9.92. The first kappa shape index (κ1) is 19.8. The van der Waals surface area contributed by atoms with Crippen LogP contribution in [0.25, 0.3) is 0 Å². The molecule has 0 saturated carbocycles. The van der Waals surface area contributed by atoms with E-state index in [-0.39, 0.29) is 17.9 Å². The topological polar surface area (TPSA) is 75.5 Å². The lowest BCUT2D eigenvalue weighted by molar-refractivity contribution is 0.0598. The molecule has 2 atom stereocenters. The Morgan fingerprint density at radius 2 is 2.11 bits per heavy atom. The molecule has 1 aromatic heterocycles. The number of para-hydroxylation sites is 1. The molecule has 1 aromatic carbocycles. The zero-order valence-electron chi connectivity index (χ0n) is 16.3. The molecule has 1 N–H and O–H groups in total. The van der Waals surface area contributed by atoms with Gasteiger partial charge in [0.1, 0.15) is 22.2 Å². The number of likely N-dealkylation sites (tertiary alicyclic amines) is 1. The van der Waals surface area contributed by atoms with Crippen molar-refractivity contribution in [2.45, 2.75) is 58.1 Å². The Morgan fingerprint density at radius 3 is 2.78 bits per heavy atom. The van der Waals surface area contributed by atoms with Crippen LogP contribution in [0, 0.1) is 0 Å². The second kappa shape index (κ2) is 7.94. The maximum Gasteiger partial charge on any atom is 0.257 e. The molecule has 2 heterocycles. The zero-order chi connectivity index (χ0) is 19.6. The molecule has 3 rings (SSSR count). The number of aliphatic hydroxyl groups is 1. The number of benzene rings is 1. The second-order valence-electron chi connectivity index (χ2n) is 7.53. The Hall–Kier alpha value is -1.99. The van der Waals surface area contributed by atoms with Crippen molar-refractivity contribution in [3.05, 3.63) is 40.7 Å². The number of hydrogen-bond donors (Lipinski definition) is 1. The Labute approximate surface area is 164 Å². The van der Waals surface area contributed by atoms with Crippen LogP contribution in [0.4, 0.5) is 0 Å². The van der Waals surface area contributed by atoms with Gasteiger partial charge in [-0.1, -0.05) is 12.1 Å². The standard InChI is InChI=1S/C20H27N3O3S/c1-5-26-16-9-7-6-8-15(16)18(24)23-12-14(11-10-13(23)2)17-21-19(27-22-17)20(3,4)25/h6-9,13-14,25H,5,10-12H2,1-4H3/t13-,14-/m1/s1. The molecule has 0 unspecified atom stereocenters. The predicted molar refractivity (Wildman–Crippen MR) is 105 cm³/mol. The van der Waals surface area contributed by atoms with Crippen molar-refractivity contribution in [1.82, 2.24) is 14.3 Å². The van der Waals surface area contributed by atoms with E-state index >= 15 is 0 Å². The first-order chi connectivity index (χ1) is 12.8. The number of aromatic nitrogens is 2. The molecule has 1 saturated heterocycles. The first-order valence-corrected chi connectivity index (χ1v) is 10.2. The quantitative estimate of drug-likeness (QED) is 0.846. The van der Waals surface area contributed by atoms with Gasteiger partial charge in [-0.05, 0) is 64.2 Å². The van der Waals surface area contributed by atoms with Gasteiger partial charge < -0.3 is 14.7 Å². The Morgan fingerprint density at radius 1 is 1.37 bits per heavy atom. The summed E-state index contributed by atoms with van der Waals surface area (Å²) in [6.07, 6.45) is 1.82. The van der Waals surface area contributed by atoms with Crippen molar-refractivity contribution in [2.75, 3.05) is 13.2 Å². The van der Waals surface area contributed by atoms with Gasteiger partial charge in [0, 0.05) is 18.5 Å². The highest BCUT2D eigenvalue weighted by Gasteiger charge is 2.34. The molecule has 1 aliphatic rings. The van der Waals surface area contributed by atoms with E-state index in [1.165, 1.54) is 11.5 Å². The molecule has 146 valence electrons. The average Bonchev–Trinajstić information content (AvgIpc) is 3.13. The third kappa shape index (κ3) is 4.30. The van der Waals surface area contributed by atoms with Crippen LogP contribution in [0.2, 0.25) is 0 Å². The maximum atomic E-state index is 13.2. The minimum atomic E-state index is -0.996. The fraction of sp³-hybridized carbons (Fsp3) is 0.550. The van der Waals surface area contributed by atoms with Crippen molar-refractivity contribution in [3.8, 4) is 5.75 Å². The summed E-state index contributed by atoms with van der Waals surface area (Å²) >= 11 is 1.23. The molecule has 1 fully saturated rings. The highest BCUT2D eigenvalue weighted by Crippen LogP contribution is 2.33. The van der Waals surface area contributed by atoms with Gasteiger partial charge in [0.2, 0.25) is 0 Å². The van der Waals surface area contributed by atoms with Crippen molar-refractivity contribution < 1.29 is 14.6 Å². The highest BCUT2D eigenvalue weighted by atomic mass is 32.1. The van der Waals surface area contributed by atoms with E-state index < -0.39 is 5.60 Å². The van der Waals surface area contributed by atoms with Gasteiger partial charge in [0.15, 0.2) is 0 Å². The molecule has 0 spiro atoms. The Balaban J connectivity index is 1.81. The lowest BCUT2D eigenvalue weighted by Gasteiger charge is -2.37. The number of ether oxygens (including phenoxy) is 1. The Kier molecular flexibility index (Phi) is 5.81. The summed E-state index contributed by atoms with van der Waals surface area (Å²) in [4.78, 5) is 19.7. The summed E-state index contributed by atoms with van der Waals surface area (Å²) in [7, 11) is 0. The summed E-state index contributed by atoms with van der Waals surface area (Å²) in [5.41, 5.74) is -0.403. The number of nitrogens with zero attached hydrogens (tertiary/aromatic N) is 3. The van der Waals surface area contributed by atoms with Gasteiger partial charge in [0.25, 0.3) is 5.91 Å². The van der Waals surface area contributed by atoms with Gasteiger partial charge >= 0.3 is 0 Å². The fourth-order valence-electron chi connectivity index (χ4n) is 3.33. The van der Waals surface area contributed by atoms with E-state index in [0.29, 0.717) is 29.5 Å². The van der Waals surface area contributed by atoms with Crippen molar-refractivity contribution in [2.24, 2.45) is 0 Å². The SMILES string of the molecule is CCOc1ccccc1C(=O)N1C[C@H](c2nsc(C(C)(C)O)n2)CC[C@H]1C. The summed E-state index contributed by atoms with van der Waals surface area (Å²) in [5, 5.41) is 10.7. The van der Waals surface area contributed by atoms with Crippen LogP contribution in [0.5, 0.6) is 5.75 Å². The summed E-state index contributed by atoms with van der Waals surface area (Å²) in [6.45, 7) is 8.50. The van der Waals surface area contributed by atoms with Crippen molar-refractivity contribution in [3.63, 3.8) is 0 Å². The van der Waals surface area contributed by atoms with E-state index in [9.17, 15) is 9.90 Å². The third-order valence-corrected chi connectivity index (χ3v) is 5.93. The molecule has 1 aliphatic heterocycles. The van der Waals surface area contributed by atoms with Gasteiger partial charge in [0.05, 0.1) is 12.2 Å². The number of amides is 1. The third-order valence-electron chi connectivity index (χ3n) is 4.89. The number of carbonyl (C=O) groups is 1. The van der Waals surface area contributed by atoms with Crippen molar-refractivity contribution >= 4 is 17.4 Å². The number of carbonyl (C=O) groups excluding carboxylic acids is 1.